The summed E-state index contributed by atoms with van der Waals surface area (Å²) < 4.78 is 10.7. The molecule has 0 aromatic carbocycles. The number of alkyl halides is 1. The molecule has 3 nitrogen and oxygen atoms in total. The van der Waals surface area contributed by atoms with E-state index in [0.717, 1.165) is 24.0 Å². The van der Waals surface area contributed by atoms with Gasteiger partial charge in [0.05, 0.1) is 24.4 Å². The third-order valence-electron chi connectivity index (χ3n) is 2.29. The van der Waals surface area contributed by atoms with E-state index < -0.39 is 0 Å². The minimum atomic E-state index is 0.304. The lowest BCUT2D eigenvalue weighted by molar-refractivity contribution is 0.00977. The molecule has 1 aliphatic rings. The highest BCUT2D eigenvalue weighted by Crippen LogP contribution is 2.28. The zero-order valence-electron chi connectivity index (χ0n) is 8.49. The molecule has 0 N–H and O–H groups in total. The van der Waals surface area contributed by atoms with E-state index in [1.165, 1.54) is 12.8 Å². The van der Waals surface area contributed by atoms with Crippen molar-refractivity contribution in [3.05, 3.63) is 24.0 Å². The normalized spacial score (nSPS) is 15.3. The lowest BCUT2D eigenvalue weighted by Gasteiger charge is -2.06. The van der Waals surface area contributed by atoms with E-state index in [4.69, 9.17) is 21.1 Å². The SMILES string of the molecule is ClCc1ccc(OCOCC2CC2)cn1. The Morgan fingerprint density at radius 2 is 2.27 bits per heavy atom. The quantitative estimate of drug-likeness (QED) is 0.425. The molecule has 1 heterocycles. The van der Waals surface area contributed by atoms with Crippen LogP contribution in [0.15, 0.2) is 18.3 Å². The van der Waals surface area contributed by atoms with E-state index >= 15 is 0 Å². The van der Waals surface area contributed by atoms with Crippen LogP contribution in [-0.2, 0) is 10.6 Å². The molecule has 1 saturated carbocycles. The summed E-state index contributed by atoms with van der Waals surface area (Å²) in [7, 11) is 0. The highest BCUT2D eigenvalue weighted by molar-refractivity contribution is 6.16. The first kappa shape index (κ1) is 10.7. The number of aromatic nitrogens is 1. The van der Waals surface area contributed by atoms with Crippen molar-refractivity contribution < 1.29 is 9.47 Å². The summed E-state index contributed by atoms with van der Waals surface area (Å²) in [5.74, 6) is 1.92. The number of hydrogen-bond donors (Lipinski definition) is 0. The number of ether oxygens (including phenoxy) is 2. The number of pyridine rings is 1. The van der Waals surface area contributed by atoms with E-state index in [-0.39, 0.29) is 0 Å². The van der Waals surface area contributed by atoms with Gasteiger partial charge in [-0.3, -0.25) is 4.98 Å². The molecule has 0 aliphatic heterocycles. The van der Waals surface area contributed by atoms with Gasteiger partial charge >= 0.3 is 0 Å². The molecule has 1 aromatic heterocycles. The van der Waals surface area contributed by atoms with Gasteiger partial charge in [0.2, 0.25) is 0 Å². The van der Waals surface area contributed by atoms with Crippen molar-refractivity contribution in [3.63, 3.8) is 0 Å². The molecule has 1 aromatic rings. The monoisotopic (exact) mass is 227 g/mol. The van der Waals surface area contributed by atoms with E-state index in [2.05, 4.69) is 4.98 Å². The van der Waals surface area contributed by atoms with E-state index in [1.54, 1.807) is 6.20 Å². The minimum Gasteiger partial charge on any atom is -0.466 e. The van der Waals surface area contributed by atoms with Crippen LogP contribution in [0.1, 0.15) is 18.5 Å². The molecule has 1 aliphatic carbocycles. The maximum absolute atomic E-state index is 5.62. The Morgan fingerprint density at radius 1 is 1.40 bits per heavy atom. The van der Waals surface area contributed by atoms with Crippen LogP contribution in [0.4, 0.5) is 0 Å². The van der Waals surface area contributed by atoms with E-state index in [1.807, 2.05) is 12.1 Å². The van der Waals surface area contributed by atoms with Gasteiger partial charge in [-0.2, -0.15) is 0 Å². The highest BCUT2D eigenvalue weighted by Gasteiger charge is 2.20. The van der Waals surface area contributed by atoms with Gasteiger partial charge in [-0.1, -0.05) is 0 Å². The molecule has 15 heavy (non-hydrogen) atoms. The Hall–Kier alpha value is -0.800. The maximum atomic E-state index is 5.62. The number of hydrogen-bond acceptors (Lipinski definition) is 3. The van der Waals surface area contributed by atoms with E-state index in [9.17, 15) is 0 Å². The van der Waals surface area contributed by atoms with Crippen LogP contribution in [0.3, 0.4) is 0 Å². The molecule has 0 atom stereocenters. The Labute approximate surface area is 94.4 Å². The maximum Gasteiger partial charge on any atom is 0.189 e. The molecule has 82 valence electrons. The molecule has 0 amide bonds. The average Bonchev–Trinajstić information content (AvgIpc) is 3.09. The Bertz CT molecular complexity index is 298. The van der Waals surface area contributed by atoms with Crippen molar-refractivity contribution in [2.24, 2.45) is 5.92 Å². The van der Waals surface area contributed by atoms with Gasteiger partial charge in [0, 0.05) is 0 Å². The van der Waals surface area contributed by atoms with Gasteiger partial charge in [-0.15, -0.1) is 11.6 Å². The second-order valence-electron chi connectivity index (χ2n) is 3.70. The van der Waals surface area contributed by atoms with E-state index in [0.29, 0.717) is 12.7 Å². The average molecular weight is 228 g/mol. The minimum absolute atomic E-state index is 0.304. The molecule has 2 rings (SSSR count). The standard InChI is InChI=1S/C11H14ClNO2/c12-5-10-3-4-11(6-13-10)15-8-14-7-9-1-2-9/h3-4,6,9H,1-2,5,7-8H2. The molecule has 0 radical (unpaired) electrons. The molecule has 1 fully saturated rings. The van der Waals surface area contributed by atoms with Crippen LogP contribution in [0.5, 0.6) is 5.75 Å². The molecule has 4 heteroatoms. The Kier molecular flexibility index (Phi) is 3.80. The van der Waals surface area contributed by atoms with Gasteiger partial charge in [0.1, 0.15) is 5.75 Å². The van der Waals surface area contributed by atoms with Crippen LogP contribution in [0.25, 0.3) is 0 Å². The van der Waals surface area contributed by atoms with Gasteiger partial charge < -0.3 is 9.47 Å². The zero-order chi connectivity index (χ0) is 10.5. The van der Waals surface area contributed by atoms with Crippen LogP contribution in [0.2, 0.25) is 0 Å². The molecule has 0 unspecified atom stereocenters. The van der Waals surface area contributed by atoms with Crippen molar-refractivity contribution in [3.8, 4) is 5.75 Å². The molecular formula is C11H14ClNO2. The van der Waals surface area contributed by atoms with Gasteiger partial charge in [0.25, 0.3) is 0 Å². The molecule has 0 spiro atoms. The highest BCUT2D eigenvalue weighted by atomic mass is 35.5. The lowest BCUT2D eigenvalue weighted by Crippen LogP contribution is -2.05. The van der Waals surface area contributed by atoms with Crippen molar-refractivity contribution in [2.45, 2.75) is 18.7 Å². The lowest BCUT2D eigenvalue weighted by atomic mass is 10.4. The first-order valence-electron chi connectivity index (χ1n) is 5.10. The van der Waals surface area contributed by atoms with Gasteiger partial charge in [-0.25, -0.2) is 0 Å². The number of halogens is 1. The van der Waals surface area contributed by atoms with Crippen molar-refractivity contribution >= 4 is 11.6 Å². The summed E-state index contributed by atoms with van der Waals surface area (Å²) >= 11 is 5.62. The summed E-state index contributed by atoms with van der Waals surface area (Å²) in [5.41, 5.74) is 0.850. The summed E-state index contributed by atoms with van der Waals surface area (Å²) in [6.07, 6.45) is 4.26. The molecule has 0 bridgehead atoms. The fourth-order valence-corrected chi connectivity index (χ4v) is 1.34. The summed E-state index contributed by atoms with van der Waals surface area (Å²) in [6, 6.07) is 3.70. The summed E-state index contributed by atoms with van der Waals surface area (Å²) in [6.45, 7) is 1.12. The first-order valence-corrected chi connectivity index (χ1v) is 5.63. The Morgan fingerprint density at radius 3 is 2.87 bits per heavy atom. The molecule has 0 saturated heterocycles. The van der Waals surface area contributed by atoms with Gasteiger partial charge in [0.15, 0.2) is 6.79 Å². The van der Waals surface area contributed by atoms with Crippen LogP contribution in [-0.4, -0.2) is 18.4 Å². The number of rotatable bonds is 6. The predicted octanol–water partition coefficient (Wildman–Crippen LogP) is 2.58. The third-order valence-corrected chi connectivity index (χ3v) is 2.57. The fourth-order valence-electron chi connectivity index (χ4n) is 1.18. The van der Waals surface area contributed by atoms with Crippen molar-refractivity contribution in [2.75, 3.05) is 13.4 Å². The van der Waals surface area contributed by atoms with Crippen molar-refractivity contribution in [1.82, 2.24) is 4.98 Å². The Balaban J connectivity index is 1.67. The predicted molar refractivity (Wildman–Crippen MR) is 58.0 cm³/mol. The largest absolute Gasteiger partial charge is 0.466 e. The zero-order valence-corrected chi connectivity index (χ0v) is 9.24. The third kappa shape index (κ3) is 3.68. The number of nitrogens with zero attached hydrogens (tertiary/aromatic N) is 1. The second-order valence-corrected chi connectivity index (χ2v) is 3.96. The van der Waals surface area contributed by atoms with Crippen LogP contribution >= 0.6 is 11.6 Å². The second kappa shape index (κ2) is 5.33. The van der Waals surface area contributed by atoms with Gasteiger partial charge in [-0.05, 0) is 30.9 Å². The molecular weight excluding hydrogens is 214 g/mol. The topological polar surface area (TPSA) is 31.4 Å². The fraction of sp³-hybridized carbons (Fsp3) is 0.545. The van der Waals surface area contributed by atoms with Crippen LogP contribution < -0.4 is 4.74 Å². The first-order chi connectivity index (χ1) is 7.38. The van der Waals surface area contributed by atoms with Crippen molar-refractivity contribution in [1.29, 1.82) is 0 Å². The smallest absolute Gasteiger partial charge is 0.189 e. The summed E-state index contributed by atoms with van der Waals surface area (Å²) in [5, 5.41) is 0. The summed E-state index contributed by atoms with van der Waals surface area (Å²) in [4.78, 5) is 4.11. The van der Waals surface area contributed by atoms with Crippen LogP contribution in [0, 0.1) is 5.92 Å².